The van der Waals surface area contributed by atoms with E-state index in [0.717, 1.165) is 10.9 Å². The van der Waals surface area contributed by atoms with E-state index in [9.17, 15) is 13.2 Å². The van der Waals surface area contributed by atoms with Crippen molar-refractivity contribution in [3.05, 3.63) is 42.5 Å². The van der Waals surface area contributed by atoms with Gasteiger partial charge < -0.3 is 0 Å². The average Bonchev–Trinajstić information content (AvgIpc) is 2.69. The van der Waals surface area contributed by atoms with E-state index in [1.54, 1.807) is 6.07 Å². The molecule has 6 heteroatoms. The van der Waals surface area contributed by atoms with Crippen LogP contribution in [0.15, 0.2) is 36.8 Å². The van der Waals surface area contributed by atoms with Gasteiger partial charge in [-0.3, -0.25) is 0 Å². The number of aromatic nitrogens is 3. The SMILES string of the molecule is FC(F)(F)c1ncccc1-n1cccn1. The van der Waals surface area contributed by atoms with Gasteiger partial charge in [0.2, 0.25) is 0 Å². The normalized spacial score (nSPS) is 11.7. The van der Waals surface area contributed by atoms with Crippen molar-refractivity contribution < 1.29 is 13.2 Å². The summed E-state index contributed by atoms with van der Waals surface area (Å²) in [6.45, 7) is 0. The first-order valence-corrected chi connectivity index (χ1v) is 4.11. The number of pyridine rings is 1. The molecule has 0 aromatic carbocycles. The van der Waals surface area contributed by atoms with Gasteiger partial charge in [0.05, 0.1) is 5.69 Å². The highest BCUT2D eigenvalue weighted by Crippen LogP contribution is 2.31. The predicted molar refractivity (Wildman–Crippen MR) is 46.4 cm³/mol. The van der Waals surface area contributed by atoms with Crippen molar-refractivity contribution in [3.8, 4) is 5.69 Å². The van der Waals surface area contributed by atoms with Gasteiger partial charge in [-0.05, 0) is 18.2 Å². The van der Waals surface area contributed by atoms with E-state index in [1.807, 2.05) is 0 Å². The lowest BCUT2D eigenvalue weighted by molar-refractivity contribution is -0.141. The lowest BCUT2D eigenvalue weighted by Gasteiger charge is -2.10. The Hall–Kier alpha value is -1.85. The van der Waals surface area contributed by atoms with Gasteiger partial charge in [-0.2, -0.15) is 18.3 Å². The standard InChI is InChI=1S/C9H6F3N3/c10-9(11,12)8-7(3-1-4-13-8)15-6-2-5-14-15/h1-6H. The predicted octanol–water partition coefficient (Wildman–Crippen LogP) is 2.29. The molecule has 78 valence electrons. The average molecular weight is 213 g/mol. The van der Waals surface area contributed by atoms with Crippen LogP contribution in [0.1, 0.15) is 5.69 Å². The van der Waals surface area contributed by atoms with Gasteiger partial charge >= 0.3 is 6.18 Å². The number of halogens is 3. The number of alkyl halides is 3. The third kappa shape index (κ3) is 1.83. The molecule has 0 saturated carbocycles. The quantitative estimate of drug-likeness (QED) is 0.727. The van der Waals surface area contributed by atoms with Crippen LogP contribution < -0.4 is 0 Å². The van der Waals surface area contributed by atoms with Crippen molar-refractivity contribution in [1.82, 2.24) is 14.8 Å². The summed E-state index contributed by atoms with van der Waals surface area (Å²) in [5, 5.41) is 3.74. The number of nitrogens with zero attached hydrogens (tertiary/aromatic N) is 3. The van der Waals surface area contributed by atoms with E-state index in [2.05, 4.69) is 10.1 Å². The Morgan fingerprint density at radius 2 is 1.93 bits per heavy atom. The molecule has 0 unspecified atom stereocenters. The molecule has 0 saturated heterocycles. The van der Waals surface area contributed by atoms with E-state index in [4.69, 9.17) is 0 Å². The molecule has 0 N–H and O–H groups in total. The molecule has 2 rings (SSSR count). The summed E-state index contributed by atoms with van der Waals surface area (Å²) in [7, 11) is 0. The maximum absolute atomic E-state index is 12.5. The minimum atomic E-state index is -4.47. The number of rotatable bonds is 1. The van der Waals surface area contributed by atoms with Crippen LogP contribution in [0.5, 0.6) is 0 Å². The zero-order valence-corrected chi connectivity index (χ0v) is 7.44. The molecule has 2 aromatic rings. The van der Waals surface area contributed by atoms with Crippen molar-refractivity contribution >= 4 is 0 Å². The molecule has 15 heavy (non-hydrogen) atoms. The van der Waals surface area contributed by atoms with Crippen molar-refractivity contribution in [2.45, 2.75) is 6.18 Å². The van der Waals surface area contributed by atoms with Crippen LogP contribution in [0, 0.1) is 0 Å². The minimum absolute atomic E-state index is 0.0741. The molecule has 0 atom stereocenters. The zero-order chi connectivity index (χ0) is 10.9. The van der Waals surface area contributed by atoms with Crippen LogP contribution in [0.4, 0.5) is 13.2 Å². The van der Waals surface area contributed by atoms with Crippen molar-refractivity contribution in [3.63, 3.8) is 0 Å². The van der Waals surface area contributed by atoms with Crippen LogP contribution in [0.25, 0.3) is 5.69 Å². The van der Waals surface area contributed by atoms with Crippen LogP contribution in [0.3, 0.4) is 0 Å². The molecule has 0 fully saturated rings. The lowest BCUT2D eigenvalue weighted by atomic mass is 10.3. The number of hydrogen-bond donors (Lipinski definition) is 0. The second-order valence-corrected chi connectivity index (χ2v) is 2.82. The van der Waals surface area contributed by atoms with Gasteiger partial charge in [-0.15, -0.1) is 0 Å². The highest BCUT2D eigenvalue weighted by atomic mass is 19.4. The van der Waals surface area contributed by atoms with Gasteiger partial charge in [0, 0.05) is 18.6 Å². The third-order valence-electron chi connectivity index (χ3n) is 1.81. The fraction of sp³-hybridized carbons (Fsp3) is 0.111. The molecule has 0 bridgehead atoms. The van der Waals surface area contributed by atoms with E-state index in [0.29, 0.717) is 0 Å². The Labute approximate surface area is 83.2 Å². The number of hydrogen-bond acceptors (Lipinski definition) is 2. The summed E-state index contributed by atoms with van der Waals surface area (Å²) >= 11 is 0. The van der Waals surface area contributed by atoms with Gasteiger partial charge in [-0.25, -0.2) is 9.67 Å². The minimum Gasteiger partial charge on any atom is -0.250 e. The summed E-state index contributed by atoms with van der Waals surface area (Å²) < 4.78 is 38.7. The largest absolute Gasteiger partial charge is 0.435 e. The summed E-state index contributed by atoms with van der Waals surface area (Å²) in [4.78, 5) is 3.32. The van der Waals surface area contributed by atoms with Gasteiger partial charge in [0.1, 0.15) is 0 Å². The molecule has 2 heterocycles. The summed E-state index contributed by atoms with van der Waals surface area (Å²) in [6, 6.07) is 4.31. The van der Waals surface area contributed by atoms with Crippen molar-refractivity contribution in [2.24, 2.45) is 0 Å². The summed E-state index contributed by atoms with van der Waals surface area (Å²) in [5.41, 5.74) is -1.01. The second-order valence-electron chi connectivity index (χ2n) is 2.82. The molecular weight excluding hydrogens is 207 g/mol. The Kier molecular flexibility index (Phi) is 2.18. The van der Waals surface area contributed by atoms with Gasteiger partial charge in [0.15, 0.2) is 5.69 Å². The first-order valence-electron chi connectivity index (χ1n) is 4.11. The molecular formula is C9H6F3N3. The molecule has 0 aliphatic rings. The molecule has 0 spiro atoms. The van der Waals surface area contributed by atoms with Crippen LogP contribution in [-0.4, -0.2) is 14.8 Å². The molecule has 2 aromatic heterocycles. The Morgan fingerprint density at radius 1 is 1.13 bits per heavy atom. The maximum Gasteiger partial charge on any atom is 0.435 e. The Bertz CT molecular complexity index is 448. The lowest BCUT2D eigenvalue weighted by Crippen LogP contribution is -2.13. The fourth-order valence-electron chi connectivity index (χ4n) is 1.21. The maximum atomic E-state index is 12.5. The van der Waals surface area contributed by atoms with E-state index < -0.39 is 11.9 Å². The van der Waals surface area contributed by atoms with E-state index in [1.165, 1.54) is 24.5 Å². The van der Waals surface area contributed by atoms with Crippen molar-refractivity contribution in [1.29, 1.82) is 0 Å². The van der Waals surface area contributed by atoms with Crippen molar-refractivity contribution in [2.75, 3.05) is 0 Å². The molecule has 0 radical (unpaired) electrons. The van der Waals surface area contributed by atoms with E-state index >= 15 is 0 Å². The summed E-state index contributed by atoms with van der Waals surface area (Å²) in [6.07, 6.45) is -0.516. The molecule has 0 aliphatic heterocycles. The van der Waals surface area contributed by atoms with Crippen LogP contribution in [-0.2, 0) is 6.18 Å². The van der Waals surface area contributed by atoms with Crippen LogP contribution >= 0.6 is 0 Å². The Balaban J connectivity index is 2.58. The topological polar surface area (TPSA) is 30.7 Å². The molecule has 3 nitrogen and oxygen atoms in total. The van der Waals surface area contributed by atoms with Gasteiger partial charge in [0.25, 0.3) is 0 Å². The second kappa shape index (κ2) is 3.38. The van der Waals surface area contributed by atoms with Gasteiger partial charge in [-0.1, -0.05) is 0 Å². The van der Waals surface area contributed by atoms with Crippen LogP contribution in [0.2, 0.25) is 0 Å². The molecule has 0 amide bonds. The first kappa shape index (κ1) is 9.70. The first-order chi connectivity index (χ1) is 7.09. The Morgan fingerprint density at radius 3 is 2.53 bits per heavy atom. The summed E-state index contributed by atoms with van der Waals surface area (Å²) in [5.74, 6) is 0. The smallest absolute Gasteiger partial charge is 0.250 e. The fourth-order valence-corrected chi connectivity index (χ4v) is 1.21. The molecule has 0 aliphatic carbocycles. The van der Waals surface area contributed by atoms with E-state index in [-0.39, 0.29) is 5.69 Å². The monoisotopic (exact) mass is 213 g/mol. The highest BCUT2D eigenvalue weighted by Gasteiger charge is 2.35. The third-order valence-corrected chi connectivity index (χ3v) is 1.81. The zero-order valence-electron chi connectivity index (χ0n) is 7.44. The highest BCUT2D eigenvalue weighted by molar-refractivity contribution is 5.36.